The van der Waals surface area contributed by atoms with E-state index in [0.717, 1.165) is 12.8 Å². The number of carbonyl (C=O) groups is 2. The lowest BCUT2D eigenvalue weighted by atomic mass is 10.0. The number of phenols is 2. The van der Waals surface area contributed by atoms with Gasteiger partial charge in [-0.2, -0.15) is 4.91 Å². The molecule has 0 unspecified atom stereocenters. The largest absolute Gasteiger partial charge is 0.512 e. The summed E-state index contributed by atoms with van der Waals surface area (Å²) < 4.78 is 4.72. The number of ether oxygens (including phenoxy) is 1. The molecule has 0 saturated heterocycles. The van der Waals surface area contributed by atoms with E-state index in [4.69, 9.17) is 15.6 Å². The van der Waals surface area contributed by atoms with Crippen molar-refractivity contribution in [2.45, 2.75) is 19.4 Å². The number of esters is 1. The molecule has 1 heterocycles. The van der Waals surface area contributed by atoms with Crippen molar-refractivity contribution in [3.63, 3.8) is 0 Å². The summed E-state index contributed by atoms with van der Waals surface area (Å²) in [5.41, 5.74) is 6.68. The highest BCUT2D eigenvalue weighted by Gasteiger charge is 2.22. The van der Waals surface area contributed by atoms with Crippen molar-refractivity contribution in [3.05, 3.63) is 106 Å². The maximum absolute atomic E-state index is 12.2. The molecule has 43 heavy (non-hydrogen) atoms. The zero-order valence-corrected chi connectivity index (χ0v) is 23.0. The van der Waals surface area contributed by atoms with Crippen molar-refractivity contribution >= 4 is 11.9 Å². The highest BCUT2D eigenvalue weighted by atomic mass is 16.5. The topological polar surface area (TPSA) is 198 Å². The van der Waals surface area contributed by atoms with E-state index in [2.05, 4.69) is 20.1 Å². The number of para-hydroxylation sites is 1. The number of nitrogens with two attached hydrogens (primary N) is 1. The van der Waals surface area contributed by atoms with Gasteiger partial charge >= 0.3 is 5.97 Å². The van der Waals surface area contributed by atoms with Crippen LogP contribution in [-0.2, 0) is 11.3 Å². The van der Waals surface area contributed by atoms with Crippen molar-refractivity contribution in [1.29, 1.82) is 0 Å². The minimum Gasteiger partial charge on any atom is -0.512 e. The second-order valence-corrected chi connectivity index (χ2v) is 9.21. The molecule has 0 fully saturated rings. The second kappa shape index (κ2) is 13.6. The number of aromatic hydroxyl groups is 2. The number of allylic oxidation sites excluding steroid dienone is 4. The number of hydrogen-bond acceptors (Lipinski definition) is 11. The molecule has 5 rings (SSSR count). The highest BCUT2D eigenvalue weighted by molar-refractivity contribution is 6.01. The predicted molar refractivity (Wildman–Crippen MR) is 158 cm³/mol. The van der Waals surface area contributed by atoms with E-state index in [-0.39, 0.29) is 52.0 Å². The zero-order chi connectivity index (χ0) is 30.9. The molecule has 1 aromatic heterocycles. The number of nitroso groups, excluding NO2 is 1. The van der Waals surface area contributed by atoms with Crippen LogP contribution >= 0.6 is 0 Å². The van der Waals surface area contributed by atoms with Crippen molar-refractivity contribution in [2.24, 2.45) is 10.9 Å². The normalized spacial score (nSPS) is 12.0. The first kappa shape index (κ1) is 30.1. The van der Waals surface area contributed by atoms with E-state index < -0.39 is 17.6 Å². The minimum absolute atomic E-state index is 0.0543. The summed E-state index contributed by atoms with van der Waals surface area (Å²) in [6.07, 6.45) is 7.45. The first-order valence-corrected chi connectivity index (χ1v) is 12.9. The summed E-state index contributed by atoms with van der Waals surface area (Å²) in [4.78, 5) is 48.0. The molecule has 1 aliphatic rings. The van der Waals surface area contributed by atoms with E-state index in [1.165, 1.54) is 37.4 Å². The second-order valence-electron chi connectivity index (χ2n) is 9.21. The van der Waals surface area contributed by atoms with E-state index >= 15 is 0 Å². The third kappa shape index (κ3) is 7.24. The molecule has 5 N–H and O–H groups in total. The lowest BCUT2D eigenvalue weighted by Crippen LogP contribution is -2.14. The summed E-state index contributed by atoms with van der Waals surface area (Å²) in [5.74, 6) is -1.33. The zero-order valence-electron chi connectivity index (χ0n) is 23.0. The average molecular weight is 582 g/mol. The molecule has 4 aromatic rings. The molecule has 12 heteroatoms. The number of primary amides is 1. The van der Waals surface area contributed by atoms with E-state index in [9.17, 15) is 24.7 Å². The first-order chi connectivity index (χ1) is 20.7. The highest BCUT2D eigenvalue weighted by Crippen LogP contribution is 2.35. The van der Waals surface area contributed by atoms with Crippen molar-refractivity contribution in [2.75, 3.05) is 7.11 Å². The van der Waals surface area contributed by atoms with Gasteiger partial charge in [-0.15, -0.1) is 0 Å². The minimum atomic E-state index is -0.887. The smallest absolute Gasteiger partial charge is 0.337 e. The number of aliphatic hydroxyl groups is 1. The standard InChI is InChI=1S/C25H19N5O6.C6H8O/c1-36-25(34)15-8-6-14(7-9-15)22-28-23(16-4-2-3-5-18(16)31)30-24(29-22)20-17(21(26)33)10-13(12-27-35)11-19(20)32;7-6-4-2-1-3-5-6/h2-11,31-32H,12H2,1H3,(H2,26,33);1-2,4,7H,3,5H2. The Morgan fingerprint density at radius 2 is 1.63 bits per heavy atom. The van der Waals surface area contributed by atoms with E-state index in [1.807, 2.05) is 12.2 Å². The van der Waals surface area contributed by atoms with Crippen molar-refractivity contribution < 1.29 is 29.6 Å². The number of hydrogen-bond donors (Lipinski definition) is 4. The Hall–Kier alpha value is -5.91. The number of nitrogens with zero attached hydrogens (tertiary/aromatic N) is 4. The van der Waals surface area contributed by atoms with Gasteiger partial charge in [0.15, 0.2) is 17.5 Å². The first-order valence-electron chi connectivity index (χ1n) is 12.9. The Bertz CT molecular complexity index is 1730. The van der Waals surface area contributed by atoms with Gasteiger partial charge < -0.3 is 25.8 Å². The molecule has 3 aromatic carbocycles. The number of benzene rings is 3. The number of phenolic OH excluding ortho intramolecular Hbond substituents is 2. The van der Waals surface area contributed by atoms with Gasteiger partial charge in [-0.05, 0) is 54.5 Å². The van der Waals surface area contributed by atoms with Crippen LogP contribution < -0.4 is 5.73 Å². The molecule has 0 saturated carbocycles. The van der Waals surface area contributed by atoms with Gasteiger partial charge in [0.05, 0.1) is 35.1 Å². The monoisotopic (exact) mass is 581 g/mol. The van der Waals surface area contributed by atoms with Crippen LogP contribution in [0.25, 0.3) is 34.2 Å². The molecule has 1 amide bonds. The summed E-state index contributed by atoms with van der Waals surface area (Å²) >= 11 is 0. The quantitative estimate of drug-likeness (QED) is 0.166. The van der Waals surface area contributed by atoms with Crippen LogP contribution in [-0.4, -0.2) is 49.3 Å². The lowest BCUT2D eigenvalue weighted by Gasteiger charge is -2.13. The van der Waals surface area contributed by atoms with Gasteiger partial charge in [-0.1, -0.05) is 41.6 Å². The fraction of sp³-hybridized carbons (Fsp3) is 0.129. The molecular weight excluding hydrogens is 554 g/mol. The Kier molecular flexibility index (Phi) is 9.53. The summed E-state index contributed by atoms with van der Waals surface area (Å²) in [6.45, 7) is -0.285. The Morgan fingerprint density at radius 1 is 0.930 bits per heavy atom. The number of aromatic nitrogens is 3. The van der Waals surface area contributed by atoms with Crippen LogP contribution in [0.15, 0.2) is 89.8 Å². The number of carbonyl (C=O) groups excluding carboxylic acids is 2. The molecule has 218 valence electrons. The van der Waals surface area contributed by atoms with Gasteiger partial charge in [0, 0.05) is 12.0 Å². The van der Waals surface area contributed by atoms with Gasteiger partial charge in [-0.3, -0.25) is 4.79 Å². The maximum atomic E-state index is 12.2. The molecule has 0 radical (unpaired) electrons. The summed E-state index contributed by atoms with van der Waals surface area (Å²) in [7, 11) is 1.27. The number of amides is 1. The van der Waals surface area contributed by atoms with Crippen LogP contribution in [0.2, 0.25) is 0 Å². The van der Waals surface area contributed by atoms with Crippen LogP contribution in [0.4, 0.5) is 0 Å². The molecular formula is C31H27N5O7. The molecule has 0 atom stereocenters. The number of methoxy groups -OCH3 is 1. The van der Waals surface area contributed by atoms with Gasteiger partial charge in [0.25, 0.3) is 0 Å². The van der Waals surface area contributed by atoms with Crippen LogP contribution in [0, 0.1) is 4.91 Å². The Morgan fingerprint density at radius 3 is 2.21 bits per heavy atom. The maximum Gasteiger partial charge on any atom is 0.337 e. The average Bonchev–Trinajstić information content (AvgIpc) is 3.01. The third-order valence-electron chi connectivity index (χ3n) is 6.25. The van der Waals surface area contributed by atoms with Gasteiger partial charge in [-0.25, -0.2) is 19.7 Å². The number of rotatable bonds is 7. The van der Waals surface area contributed by atoms with Gasteiger partial charge in [0.2, 0.25) is 5.91 Å². The lowest BCUT2D eigenvalue weighted by molar-refractivity contribution is 0.0600. The molecule has 0 bridgehead atoms. The van der Waals surface area contributed by atoms with E-state index in [0.29, 0.717) is 16.9 Å². The Labute approximate surface area is 245 Å². The summed E-state index contributed by atoms with van der Waals surface area (Å²) in [6, 6.07) is 15.2. The Balaban J connectivity index is 0.000000530. The molecule has 0 spiro atoms. The third-order valence-corrected chi connectivity index (χ3v) is 6.25. The van der Waals surface area contributed by atoms with Gasteiger partial charge in [0.1, 0.15) is 18.0 Å². The molecule has 0 aliphatic heterocycles. The predicted octanol–water partition coefficient (Wildman–Crippen LogP) is 5.21. The van der Waals surface area contributed by atoms with E-state index in [1.54, 1.807) is 36.4 Å². The van der Waals surface area contributed by atoms with Crippen LogP contribution in [0.1, 0.15) is 39.1 Å². The van der Waals surface area contributed by atoms with Crippen molar-refractivity contribution in [3.8, 4) is 45.7 Å². The number of aliphatic hydroxyl groups excluding tert-OH is 1. The summed E-state index contributed by atoms with van der Waals surface area (Å²) in [5, 5.41) is 32.6. The fourth-order valence-corrected chi connectivity index (χ4v) is 4.14. The van der Waals surface area contributed by atoms with Crippen LogP contribution in [0.3, 0.4) is 0 Å². The van der Waals surface area contributed by atoms with Crippen LogP contribution in [0.5, 0.6) is 11.5 Å². The SMILES string of the molecule is COC(=O)c1ccc(-c2nc(-c3ccccc3O)nc(-c3c(O)cc(CN=O)cc3C(N)=O)n2)cc1.OC1=CC=CCC1. The molecule has 1 aliphatic carbocycles. The molecule has 12 nitrogen and oxygen atoms in total. The fourth-order valence-electron chi connectivity index (χ4n) is 4.14. The van der Waals surface area contributed by atoms with Crippen molar-refractivity contribution in [1.82, 2.24) is 15.0 Å².